The van der Waals surface area contributed by atoms with Crippen molar-refractivity contribution in [2.45, 2.75) is 40.2 Å². The third-order valence-electron chi connectivity index (χ3n) is 4.42. The van der Waals surface area contributed by atoms with E-state index >= 15 is 0 Å². The number of carbonyl (C=O) groups is 1. The lowest BCUT2D eigenvalue weighted by Crippen LogP contribution is -2.32. The van der Waals surface area contributed by atoms with Crippen molar-refractivity contribution in [3.63, 3.8) is 0 Å². The van der Waals surface area contributed by atoms with Gasteiger partial charge in [0, 0.05) is 18.7 Å². The van der Waals surface area contributed by atoms with Crippen LogP contribution >= 0.6 is 0 Å². The molecule has 2 aromatic rings. The maximum Gasteiger partial charge on any atom is 0.306 e. The van der Waals surface area contributed by atoms with Crippen LogP contribution in [0.2, 0.25) is 0 Å². The third kappa shape index (κ3) is 7.00. The summed E-state index contributed by atoms with van der Waals surface area (Å²) >= 11 is 0. The van der Waals surface area contributed by atoms with Crippen LogP contribution < -0.4 is 4.18 Å². The van der Waals surface area contributed by atoms with Crippen LogP contribution in [0.3, 0.4) is 0 Å². The lowest BCUT2D eigenvalue weighted by Gasteiger charge is -2.24. The van der Waals surface area contributed by atoms with Crippen molar-refractivity contribution in [3.8, 4) is 5.75 Å². The van der Waals surface area contributed by atoms with Crippen LogP contribution in [0.25, 0.3) is 0 Å². The zero-order valence-corrected chi connectivity index (χ0v) is 17.8. The second kappa shape index (κ2) is 9.73. The van der Waals surface area contributed by atoms with Crippen molar-refractivity contribution in [1.82, 2.24) is 4.90 Å². The molecule has 0 aliphatic heterocycles. The summed E-state index contributed by atoms with van der Waals surface area (Å²) in [6.07, 6.45) is 2.86. The molecule has 0 aliphatic rings. The van der Waals surface area contributed by atoms with Crippen molar-refractivity contribution in [3.05, 3.63) is 65.2 Å². The molecule has 0 N–H and O–H groups in total. The summed E-state index contributed by atoms with van der Waals surface area (Å²) in [5, 5.41) is 0. The molecule has 0 unspecified atom stereocenters. The van der Waals surface area contributed by atoms with E-state index < -0.39 is 10.1 Å². The van der Waals surface area contributed by atoms with Crippen molar-refractivity contribution >= 4 is 16.0 Å². The van der Waals surface area contributed by atoms with E-state index in [1.54, 1.807) is 24.3 Å². The molecule has 0 bridgehead atoms. The van der Waals surface area contributed by atoms with Crippen LogP contribution in [-0.4, -0.2) is 32.0 Å². The van der Waals surface area contributed by atoms with E-state index in [2.05, 4.69) is 20.8 Å². The van der Waals surface area contributed by atoms with E-state index in [-0.39, 0.29) is 11.7 Å². The molecule has 2 aromatic carbocycles. The number of nitrogens with zero attached hydrogens (tertiary/aromatic N) is 1. The highest BCUT2D eigenvalue weighted by atomic mass is 32.2. The van der Waals surface area contributed by atoms with Gasteiger partial charge < -0.3 is 9.08 Å². The van der Waals surface area contributed by atoms with Crippen LogP contribution in [-0.2, 0) is 23.1 Å². The summed E-state index contributed by atoms with van der Waals surface area (Å²) in [4.78, 5) is 14.9. The molecule has 0 aromatic heterocycles. The lowest BCUT2D eigenvalue weighted by molar-refractivity contribution is 0.0735. The maximum atomic E-state index is 13.0. The average Bonchev–Trinajstić information content (AvgIpc) is 2.64. The number of benzene rings is 2. The minimum absolute atomic E-state index is 0.000217. The Morgan fingerprint density at radius 1 is 1.00 bits per heavy atom. The topological polar surface area (TPSA) is 63.7 Å². The summed E-state index contributed by atoms with van der Waals surface area (Å²) in [6, 6.07) is 14.5. The largest absolute Gasteiger partial charge is 0.383 e. The second-order valence-electron chi connectivity index (χ2n) is 7.39. The van der Waals surface area contributed by atoms with E-state index in [1.165, 1.54) is 5.56 Å². The van der Waals surface area contributed by atoms with Gasteiger partial charge in [-0.15, -0.1) is 0 Å². The summed E-state index contributed by atoms with van der Waals surface area (Å²) in [7, 11) is -3.55. The molecule has 0 spiro atoms. The molecule has 0 radical (unpaired) electrons. The zero-order chi connectivity index (χ0) is 20.7. The first kappa shape index (κ1) is 22.0. The Kier molecular flexibility index (Phi) is 7.63. The minimum Gasteiger partial charge on any atom is -0.383 e. The highest BCUT2D eigenvalue weighted by Gasteiger charge is 2.17. The van der Waals surface area contributed by atoms with Crippen LogP contribution in [0.5, 0.6) is 5.75 Å². The van der Waals surface area contributed by atoms with Gasteiger partial charge in [0.05, 0.1) is 6.26 Å². The van der Waals surface area contributed by atoms with Crippen molar-refractivity contribution in [1.29, 1.82) is 0 Å². The predicted molar refractivity (Wildman–Crippen MR) is 112 cm³/mol. The summed E-state index contributed by atoms with van der Waals surface area (Å²) in [5.74, 6) is 0.754. The Morgan fingerprint density at radius 2 is 1.57 bits per heavy atom. The fourth-order valence-electron chi connectivity index (χ4n) is 2.78. The third-order valence-corrected chi connectivity index (χ3v) is 4.91. The Hall–Kier alpha value is -2.34. The van der Waals surface area contributed by atoms with Gasteiger partial charge in [-0.25, -0.2) is 0 Å². The monoisotopic (exact) mass is 403 g/mol. The Balaban J connectivity index is 2.16. The van der Waals surface area contributed by atoms with Crippen LogP contribution in [0, 0.1) is 5.92 Å². The highest BCUT2D eigenvalue weighted by Crippen LogP contribution is 2.18. The van der Waals surface area contributed by atoms with E-state index in [0.29, 0.717) is 24.6 Å². The van der Waals surface area contributed by atoms with E-state index in [9.17, 15) is 13.2 Å². The van der Waals surface area contributed by atoms with Gasteiger partial charge >= 0.3 is 10.1 Å². The molecule has 0 saturated carbocycles. The smallest absolute Gasteiger partial charge is 0.306 e. The molecule has 0 fully saturated rings. The molecule has 152 valence electrons. The first-order valence-corrected chi connectivity index (χ1v) is 11.4. The molecule has 0 aliphatic carbocycles. The van der Waals surface area contributed by atoms with Gasteiger partial charge in [-0.3, -0.25) is 4.79 Å². The predicted octanol–water partition coefficient (Wildman–Crippen LogP) is 4.28. The Morgan fingerprint density at radius 3 is 2.07 bits per heavy atom. The first-order valence-electron chi connectivity index (χ1n) is 9.54. The number of hydrogen-bond donors (Lipinski definition) is 0. The van der Waals surface area contributed by atoms with Gasteiger partial charge in [0.1, 0.15) is 5.75 Å². The highest BCUT2D eigenvalue weighted by molar-refractivity contribution is 7.86. The van der Waals surface area contributed by atoms with Gasteiger partial charge in [0.15, 0.2) is 0 Å². The second-order valence-corrected chi connectivity index (χ2v) is 8.97. The van der Waals surface area contributed by atoms with Gasteiger partial charge in [-0.05, 0) is 54.2 Å². The summed E-state index contributed by atoms with van der Waals surface area (Å²) < 4.78 is 27.3. The molecular weight excluding hydrogens is 374 g/mol. The molecular formula is C22H29NO4S. The summed E-state index contributed by atoms with van der Waals surface area (Å²) in [5.41, 5.74) is 2.80. The molecule has 5 nitrogen and oxygen atoms in total. The lowest BCUT2D eigenvalue weighted by atomic mass is 10.1. The molecule has 2 rings (SSSR count). The first-order chi connectivity index (χ1) is 13.2. The summed E-state index contributed by atoms with van der Waals surface area (Å²) in [6.45, 7) is 7.48. The number of amides is 1. The minimum atomic E-state index is -3.55. The fourth-order valence-corrected chi connectivity index (χ4v) is 3.24. The van der Waals surface area contributed by atoms with Crippen molar-refractivity contribution in [2.75, 3.05) is 12.8 Å². The average molecular weight is 404 g/mol. The standard InChI is InChI=1S/C22H29NO4S/c1-5-18-6-10-20(11-7-18)22(24)23(15-14-17(2)3)16-19-8-12-21(13-9-19)27-28(4,25)26/h6-13,17H,5,14-16H2,1-4H3. The van der Waals surface area contributed by atoms with E-state index in [1.807, 2.05) is 29.2 Å². The van der Waals surface area contributed by atoms with Crippen LogP contribution in [0.15, 0.2) is 48.5 Å². The van der Waals surface area contributed by atoms with Crippen molar-refractivity contribution < 1.29 is 17.4 Å². The number of carbonyl (C=O) groups excluding carboxylic acids is 1. The fraction of sp³-hybridized carbons (Fsp3) is 0.409. The van der Waals surface area contributed by atoms with Crippen LogP contribution in [0.4, 0.5) is 0 Å². The quantitative estimate of drug-likeness (QED) is 0.587. The Labute approximate surface area is 168 Å². The Bertz CT molecular complexity index is 872. The molecule has 0 saturated heterocycles. The number of aryl methyl sites for hydroxylation is 1. The molecule has 6 heteroatoms. The van der Waals surface area contributed by atoms with E-state index in [4.69, 9.17) is 4.18 Å². The van der Waals surface area contributed by atoms with Gasteiger partial charge in [0.2, 0.25) is 0 Å². The van der Waals surface area contributed by atoms with Gasteiger partial charge in [-0.2, -0.15) is 8.42 Å². The number of rotatable bonds is 9. The van der Waals surface area contributed by atoms with Crippen molar-refractivity contribution in [2.24, 2.45) is 5.92 Å². The molecule has 1 amide bonds. The van der Waals surface area contributed by atoms with Gasteiger partial charge in [0.25, 0.3) is 5.91 Å². The molecule has 28 heavy (non-hydrogen) atoms. The normalized spacial score (nSPS) is 11.5. The molecule has 0 atom stereocenters. The molecule has 0 heterocycles. The van der Waals surface area contributed by atoms with Crippen LogP contribution in [0.1, 0.15) is 48.7 Å². The van der Waals surface area contributed by atoms with Gasteiger partial charge in [-0.1, -0.05) is 45.0 Å². The van der Waals surface area contributed by atoms with E-state index in [0.717, 1.165) is 24.7 Å². The zero-order valence-electron chi connectivity index (χ0n) is 17.0. The number of hydrogen-bond acceptors (Lipinski definition) is 4. The maximum absolute atomic E-state index is 13.0. The SMILES string of the molecule is CCc1ccc(C(=O)N(CCC(C)C)Cc2ccc(OS(C)(=O)=O)cc2)cc1.